The first kappa shape index (κ1) is 14.5. The van der Waals surface area contributed by atoms with Crippen LogP contribution in [0.3, 0.4) is 0 Å². The monoisotopic (exact) mass is 322 g/mol. The lowest BCUT2D eigenvalue weighted by atomic mass is 9.92. The Balaban J connectivity index is 1.75. The molecule has 0 aliphatic heterocycles. The van der Waals surface area contributed by atoms with Gasteiger partial charge in [-0.1, -0.05) is 41.9 Å². The molecule has 0 atom stereocenters. The van der Waals surface area contributed by atoms with Gasteiger partial charge in [-0.05, 0) is 55.0 Å². The highest BCUT2D eigenvalue weighted by Crippen LogP contribution is 2.33. The minimum absolute atomic E-state index is 0.779. The van der Waals surface area contributed by atoms with Gasteiger partial charge in [0.1, 0.15) is 0 Å². The Morgan fingerprint density at radius 2 is 1.87 bits per heavy atom. The van der Waals surface area contributed by atoms with Crippen LogP contribution in [0.4, 0.5) is 5.69 Å². The van der Waals surface area contributed by atoms with Gasteiger partial charge >= 0.3 is 0 Å². The van der Waals surface area contributed by atoms with E-state index in [4.69, 9.17) is 16.6 Å². The van der Waals surface area contributed by atoms with Gasteiger partial charge in [-0.3, -0.25) is 4.98 Å². The SMILES string of the molecule is Clc1cccc(CNc2c3c(nc4ccccc24)CCCC3)c1. The Morgan fingerprint density at radius 3 is 2.78 bits per heavy atom. The fraction of sp³-hybridized carbons (Fsp3) is 0.250. The van der Waals surface area contributed by atoms with E-state index in [0.29, 0.717) is 0 Å². The van der Waals surface area contributed by atoms with E-state index in [1.54, 1.807) is 0 Å². The Labute approximate surface area is 141 Å². The van der Waals surface area contributed by atoms with E-state index in [1.807, 2.05) is 18.2 Å². The van der Waals surface area contributed by atoms with Crippen molar-refractivity contribution in [1.29, 1.82) is 0 Å². The number of fused-ring (bicyclic) bond motifs is 2. The summed E-state index contributed by atoms with van der Waals surface area (Å²) in [4.78, 5) is 4.88. The summed E-state index contributed by atoms with van der Waals surface area (Å²) in [6, 6.07) is 16.5. The number of hydrogen-bond acceptors (Lipinski definition) is 2. The lowest BCUT2D eigenvalue weighted by molar-refractivity contribution is 0.672. The van der Waals surface area contributed by atoms with Gasteiger partial charge in [0.15, 0.2) is 0 Å². The maximum absolute atomic E-state index is 6.10. The van der Waals surface area contributed by atoms with Crippen molar-refractivity contribution in [2.24, 2.45) is 0 Å². The maximum Gasteiger partial charge on any atom is 0.0726 e. The second-order valence-electron chi connectivity index (χ2n) is 6.12. The topological polar surface area (TPSA) is 24.9 Å². The number of anilines is 1. The largest absolute Gasteiger partial charge is 0.380 e. The molecule has 3 heteroatoms. The van der Waals surface area contributed by atoms with Crippen molar-refractivity contribution in [3.8, 4) is 0 Å². The third-order valence-corrected chi connectivity index (χ3v) is 4.76. The van der Waals surface area contributed by atoms with Crippen LogP contribution < -0.4 is 5.32 Å². The average Bonchev–Trinajstić information content (AvgIpc) is 2.58. The molecule has 1 heterocycles. The molecule has 3 aromatic rings. The molecular weight excluding hydrogens is 304 g/mol. The van der Waals surface area contributed by atoms with E-state index in [9.17, 15) is 0 Å². The van der Waals surface area contributed by atoms with Crippen molar-refractivity contribution in [1.82, 2.24) is 4.98 Å². The predicted molar refractivity (Wildman–Crippen MR) is 97.2 cm³/mol. The maximum atomic E-state index is 6.10. The molecule has 1 aliphatic carbocycles. The highest BCUT2D eigenvalue weighted by Gasteiger charge is 2.17. The second-order valence-corrected chi connectivity index (χ2v) is 6.56. The third kappa shape index (κ3) is 2.91. The lowest BCUT2D eigenvalue weighted by Crippen LogP contribution is -2.11. The first-order valence-corrected chi connectivity index (χ1v) is 8.58. The molecule has 0 amide bonds. The smallest absolute Gasteiger partial charge is 0.0726 e. The van der Waals surface area contributed by atoms with E-state index in [-0.39, 0.29) is 0 Å². The molecule has 2 aromatic carbocycles. The first-order valence-electron chi connectivity index (χ1n) is 8.20. The fourth-order valence-electron chi connectivity index (χ4n) is 3.41. The molecular formula is C20H19ClN2. The van der Waals surface area contributed by atoms with Crippen LogP contribution in [0, 0.1) is 0 Å². The summed E-state index contributed by atoms with van der Waals surface area (Å²) >= 11 is 6.10. The van der Waals surface area contributed by atoms with Crippen molar-refractivity contribution in [2.45, 2.75) is 32.2 Å². The third-order valence-electron chi connectivity index (χ3n) is 4.53. The van der Waals surface area contributed by atoms with Crippen LogP contribution >= 0.6 is 11.6 Å². The number of benzene rings is 2. The second kappa shape index (κ2) is 6.21. The van der Waals surface area contributed by atoms with Gasteiger partial charge in [0, 0.05) is 28.3 Å². The van der Waals surface area contributed by atoms with Gasteiger partial charge in [0.25, 0.3) is 0 Å². The number of aryl methyl sites for hydroxylation is 1. The zero-order chi connectivity index (χ0) is 15.6. The number of halogens is 1. The number of para-hydroxylation sites is 1. The van der Waals surface area contributed by atoms with Crippen molar-refractivity contribution in [3.05, 3.63) is 70.4 Å². The van der Waals surface area contributed by atoms with E-state index < -0.39 is 0 Å². The molecule has 0 saturated carbocycles. The summed E-state index contributed by atoms with van der Waals surface area (Å²) < 4.78 is 0. The molecule has 23 heavy (non-hydrogen) atoms. The van der Waals surface area contributed by atoms with Crippen LogP contribution in [0.5, 0.6) is 0 Å². The average molecular weight is 323 g/mol. The molecule has 0 fully saturated rings. The molecule has 2 nitrogen and oxygen atoms in total. The first-order chi connectivity index (χ1) is 11.3. The summed E-state index contributed by atoms with van der Waals surface area (Å²) in [5.74, 6) is 0. The van der Waals surface area contributed by atoms with Crippen LogP contribution in [0.1, 0.15) is 29.7 Å². The van der Waals surface area contributed by atoms with E-state index in [0.717, 1.165) is 29.9 Å². The van der Waals surface area contributed by atoms with Gasteiger partial charge < -0.3 is 5.32 Å². The minimum Gasteiger partial charge on any atom is -0.380 e. The standard InChI is InChI=1S/C20H19ClN2/c21-15-7-5-6-14(12-15)13-22-20-16-8-1-3-10-18(16)23-19-11-4-2-9-17(19)20/h1,3,5-8,10,12H,2,4,9,11,13H2,(H,22,23). The predicted octanol–water partition coefficient (Wildman–Crippen LogP) is 5.38. The van der Waals surface area contributed by atoms with Crippen LogP contribution in [0.25, 0.3) is 10.9 Å². The molecule has 1 aromatic heterocycles. The normalized spacial score (nSPS) is 13.8. The van der Waals surface area contributed by atoms with E-state index >= 15 is 0 Å². The van der Waals surface area contributed by atoms with Crippen LogP contribution in [0.15, 0.2) is 48.5 Å². The number of rotatable bonds is 3. The molecule has 1 N–H and O–H groups in total. The number of nitrogens with zero attached hydrogens (tertiary/aromatic N) is 1. The number of pyridine rings is 1. The quantitative estimate of drug-likeness (QED) is 0.700. The van der Waals surface area contributed by atoms with Crippen LogP contribution in [-0.2, 0) is 19.4 Å². The molecule has 116 valence electrons. The van der Waals surface area contributed by atoms with Crippen LogP contribution in [0.2, 0.25) is 5.02 Å². The zero-order valence-corrected chi connectivity index (χ0v) is 13.7. The van der Waals surface area contributed by atoms with E-state index in [1.165, 1.54) is 40.7 Å². The Kier molecular flexibility index (Phi) is 3.92. The van der Waals surface area contributed by atoms with Gasteiger partial charge in [-0.2, -0.15) is 0 Å². The summed E-state index contributed by atoms with van der Waals surface area (Å²) in [6.07, 6.45) is 4.70. The lowest BCUT2D eigenvalue weighted by Gasteiger charge is -2.21. The van der Waals surface area contributed by atoms with Crippen molar-refractivity contribution < 1.29 is 0 Å². The van der Waals surface area contributed by atoms with Gasteiger partial charge in [0.05, 0.1) is 5.52 Å². The summed E-state index contributed by atoms with van der Waals surface area (Å²) in [7, 11) is 0. The van der Waals surface area contributed by atoms with Crippen LogP contribution in [-0.4, -0.2) is 4.98 Å². The molecule has 0 spiro atoms. The van der Waals surface area contributed by atoms with Gasteiger partial charge in [0.2, 0.25) is 0 Å². The summed E-state index contributed by atoms with van der Waals surface area (Å²) in [5, 5.41) is 5.66. The Morgan fingerprint density at radius 1 is 1.00 bits per heavy atom. The minimum atomic E-state index is 0.779. The fourth-order valence-corrected chi connectivity index (χ4v) is 3.62. The molecule has 0 saturated heterocycles. The van der Waals surface area contributed by atoms with Gasteiger partial charge in [-0.15, -0.1) is 0 Å². The van der Waals surface area contributed by atoms with Crippen molar-refractivity contribution in [2.75, 3.05) is 5.32 Å². The van der Waals surface area contributed by atoms with Gasteiger partial charge in [-0.25, -0.2) is 0 Å². The number of nitrogens with one attached hydrogen (secondary N) is 1. The van der Waals surface area contributed by atoms with Crippen molar-refractivity contribution >= 4 is 28.2 Å². The molecule has 0 unspecified atom stereocenters. The Bertz CT molecular complexity index is 857. The summed E-state index contributed by atoms with van der Waals surface area (Å²) in [6.45, 7) is 0.779. The number of hydrogen-bond donors (Lipinski definition) is 1. The zero-order valence-electron chi connectivity index (χ0n) is 13.0. The molecule has 1 aliphatic rings. The highest BCUT2D eigenvalue weighted by molar-refractivity contribution is 6.30. The number of aromatic nitrogens is 1. The molecule has 4 rings (SSSR count). The molecule has 0 bridgehead atoms. The van der Waals surface area contributed by atoms with Crippen molar-refractivity contribution in [3.63, 3.8) is 0 Å². The summed E-state index contributed by atoms with van der Waals surface area (Å²) in [5.41, 5.74) is 6.20. The molecule has 0 radical (unpaired) electrons. The van der Waals surface area contributed by atoms with E-state index in [2.05, 4.69) is 35.6 Å². The Hall–Kier alpha value is -2.06. The highest BCUT2D eigenvalue weighted by atomic mass is 35.5.